The Balaban J connectivity index is 1.70. The van der Waals surface area contributed by atoms with Crippen LogP contribution in [0, 0.1) is 0 Å². The molecule has 10 heteroatoms. The number of fused-ring (bicyclic) bond motifs is 1. The van der Waals surface area contributed by atoms with Crippen LogP contribution in [0.2, 0.25) is 0 Å². The molecule has 1 saturated heterocycles. The third-order valence-corrected chi connectivity index (χ3v) is 8.43. The van der Waals surface area contributed by atoms with E-state index < -0.39 is 9.84 Å². The third-order valence-electron chi connectivity index (χ3n) is 5.38. The van der Waals surface area contributed by atoms with Gasteiger partial charge in [-0.05, 0) is 36.1 Å². The van der Waals surface area contributed by atoms with Crippen LogP contribution in [0.15, 0.2) is 52.3 Å². The normalized spacial score (nSPS) is 15.1. The first kappa shape index (κ1) is 24.2. The summed E-state index contributed by atoms with van der Waals surface area (Å²) in [5, 5.41) is 0.507. The van der Waals surface area contributed by atoms with E-state index in [-0.39, 0.29) is 10.8 Å². The van der Waals surface area contributed by atoms with E-state index in [4.69, 9.17) is 4.74 Å². The molecule has 2 heterocycles. The highest BCUT2D eigenvalue weighted by Crippen LogP contribution is 2.33. The molecule has 1 aromatic heterocycles. The molecule has 0 aliphatic carbocycles. The molecule has 0 N–H and O–H groups in total. The number of amides is 1. The van der Waals surface area contributed by atoms with Crippen molar-refractivity contribution < 1.29 is 17.9 Å². The first-order chi connectivity index (χ1) is 15.9. The zero-order valence-corrected chi connectivity index (χ0v) is 21.1. The van der Waals surface area contributed by atoms with E-state index in [0.717, 1.165) is 28.4 Å². The number of hydrogen-bond acceptors (Lipinski definition) is 8. The maximum atomic E-state index is 13.7. The Morgan fingerprint density at radius 3 is 2.70 bits per heavy atom. The van der Waals surface area contributed by atoms with Gasteiger partial charge in [0.25, 0.3) is 5.91 Å². The molecule has 4 rings (SSSR count). The predicted molar refractivity (Wildman–Crippen MR) is 135 cm³/mol. The number of thioether (sulfide) groups is 1. The Morgan fingerprint density at radius 1 is 1.21 bits per heavy atom. The lowest BCUT2D eigenvalue weighted by molar-refractivity contribution is 0.0391. The van der Waals surface area contributed by atoms with Crippen LogP contribution in [0.4, 0.5) is 5.13 Å². The molecule has 1 fully saturated rings. The van der Waals surface area contributed by atoms with Gasteiger partial charge in [-0.25, -0.2) is 13.4 Å². The second-order valence-electron chi connectivity index (χ2n) is 7.74. The molecule has 1 aliphatic rings. The van der Waals surface area contributed by atoms with E-state index in [1.54, 1.807) is 28.8 Å². The Morgan fingerprint density at radius 2 is 1.97 bits per heavy atom. The van der Waals surface area contributed by atoms with Crippen molar-refractivity contribution in [3.63, 3.8) is 0 Å². The van der Waals surface area contributed by atoms with Crippen molar-refractivity contribution in [3.05, 3.63) is 48.0 Å². The number of hydrogen-bond donors (Lipinski definition) is 0. The number of carbonyl (C=O) groups is 1. The minimum Gasteiger partial charge on any atom is -0.379 e. The van der Waals surface area contributed by atoms with E-state index in [1.165, 1.54) is 17.6 Å². The Kier molecular flexibility index (Phi) is 7.70. The first-order valence-corrected chi connectivity index (χ1v) is 14.5. The zero-order valence-electron chi connectivity index (χ0n) is 18.7. The van der Waals surface area contributed by atoms with Gasteiger partial charge < -0.3 is 4.74 Å². The lowest BCUT2D eigenvalue weighted by atomic mass is 10.2. The molecule has 0 atom stereocenters. The summed E-state index contributed by atoms with van der Waals surface area (Å²) in [5.41, 5.74) is 1.01. The maximum absolute atomic E-state index is 13.7. The summed E-state index contributed by atoms with van der Waals surface area (Å²) in [6.45, 7) is 6.23. The van der Waals surface area contributed by atoms with Gasteiger partial charge in [0.1, 0.15) is 5.52 Å². The van der Waals surface area contributed by atoms with Crippen molar-refractivity contribution in [1.82, 2.24) is 9.88 Å². The summed E-state index contributed by atoms with van der Waals surface area (Å²) in [7, 11) is -3.44. The standard InChI is InChI=1S/C23H27N3O4S3/c1-3-31-18-7-4-6-17(16-18)22(27)26(11-10-25-12-14-30-15-13-25)23-24-21-19(32-23)8-5-9-20(21)33(2,28)29/h4-9,16H,3,10-15H2,1-2H3. The summed E-state index contributed by atoms with van der Waals surface area (Å²) in [5.74, 6) is 0.784. The number of para-hydroxylation sites is 1. The summed E-state index contributed by atoms with van der Waals surface area (Å²) in [6.07, 6.45) is 1.18. The number of morpholine rings is 1. The summed E-state index contributed by atoms with van der Waals surface area (Å²) in [4.78, 5) is 23.5. The average molecular weight is 506 g/mol. The highest BCUT2D eigenvalue weighted by molar-refractivity contribution is 7.99. The number of nitrogens with zero attached hydrogens (tertiary/aromatic N) is 3. The van der Waals surface area contributed by atoms with Gasteiger partial charge in [-0.2, -0.15) is 0 Å². The minimum absolute atomic E-state index is 0.137. The van der Waals surface area contributed by atoms with Crippen LogP contribution in [-0.4, -0.2) is 75.6 Å². The molecular weight excluding hydrogens is 478 g/mol. The number of aromatic nitrogens is 1. The summed E-state index contributed by atoms with van der Waals surface area (Å²) in [6, 6.07) is 12.7. The number of thiazole rings is 1. The Labute approximate surface area is 202 Å². The number of sulfone groups is 1. The largest absolute Gasteiger partial charge is 0.379 e. The van der Waals surface area contributed by atoms with E-state index in [0.29, 0.717) is 42.5 Å². The molecule has 33 heavy (non-hydrogen) atoms. The lowest BCUT2D eigenvalue weighted by Crippen LogP contribution is -2.43. The van der Waals surface area contributed by atoms with Gasteiger partial charge in [-0.15, -0.1) is 11.8 Å². The first-order valence-electron chi connectivity index (χ1n) is 10.8. The van der Waals surface area contributed by atoms with Crippen LogP contribution >= 0.6 is 23.1 Å². The van der Waals surface area contributed by atoms with Gasteiger partial charge in [0.05, 0.1) is 22.8 Å². The highest BCUT2D eigenvalue weighted by Gasteiger charge is 2.25. The Hall–Kier alpha value is -1.98. The van der Waals surface area contributed by atoms with Crippen molar-refractivity contribution in [2.24, 2.45) is 0 Å². The van der Waals surface area contributed by atoms with Gasteiger partial charge in [0.2, 0.25) is 0 Å². The quantitative estimate of drug-likeness (QED) is 0.431. The molecule has 176 valence electrons. The van der Waals surface area contributed by atoms with Crippen LogP contribution in [0.1, 0.15) is 17.3 Å². The van der Waals surface area contributed by atoms with Crippen LogP contribution in [0.5, 0.6) is 0 Å². The van der Waals surface area contributed by atoms with Gasteiger partial charge >= 0.3 is 0 Å². The van der Waals surface area contributed by atoms with Crippen LogP contribution in [-0.2, 0) is 14.6 Å². The van der Waals surface area contributed by atoms with Gasteiger partial charge in [0, 0.05) is 42.9 Å². The lowest BCUT2D eigenvalue weighted by Gasteiger charge is -2.29. The predicted octanol–water partition coefficient (Wildman–Crippen LogP) is 3.79. The van der Waals surface area contributed by atoms with Crippen molar-refractivity contribution in [2.45, 2.75) is 16.7 Å². The monoisotopic (exact) mass is 505 g/mol. The number of ether oxygens (including phenoxy) is 1. The molecule has 0 spiro atoms. The molecular formula is C23H27N3O4S3. The molecule has 1 aliphatic heterocycles. The molecule has 1 amide bonds. The number of rotatable bonds is 8. The van der Waals surface area contributed by atoms with Crippen LogP contribution in [0.25, 0.3) is 10.2 Å². The second-order valence-corrected chi connectivity index (χ2v) is 12.1. The van der Waals surface area contributed by atoms with E-state index in [1.807, 2.05) is 30.3 Å². The summed E-state index contributed by atoms with van der Waals surface area (Å²) >= 11 is 3.03. The molecule has 0 saturated carbocycles. The van der Waals surface area contributed by atoms with Crippen molar-refractivity contribution in [2.75, 3.05) is 56.3 Å². The smallest absolute Gasteiger partial charge is 0.260 e. The molecule has 3 aromatic rings. The van der Waals surface area contributed by atoms with Crippen molar-refractivity contribution in [1.29, 1.82) is 0 Å². The van der Waals surface area contributed by atoms with Gasteiger partial charge in [0.15, 0.2) is 15.0 Å². The fraction of sp³-hybridized carbons (Fsp3) is 0.391. The SMILES string of the molecule is CCSc1cccc(C(=O)N(CCN2CCOCC2)c2nc3c(S(C)(=O)=O)cccc3s2)c1. The average Bonchev–Trinajstić information content (AvgIpc) is 3.23. The topological polar surface area (TPSA) is 79.8 Å². The molecule has 7 nitrogen and oxygen atoms in total. The van der Waals surface area contributed by atoms with Gasteiger partial charge in [-0.3, -0.25) is 14.6 Å². The van der Waals surface area contributed by atoms with Crippen molar-refractivity contribution in [3.8, 4) is 0 Å². The maximum Gasteiger partial charge on any atom is 0.260 e. The second kappa shape index (κ2) is 10.5. The third kappa shape index (κ3) is 5.75. The molecule has 0 unspecified atom stereocenters. The van der Waals surface area contributed by atoms with Gasteiger partial charge in [-0.1, -0.05) is 30.4 Å². The van der Waals surface area contributed by atoms with Crippen molar-refractivity contribution >= 4 is 54.2 Å². The van der Waals surface area contributed by atoms with Crippen LogP contribution in [0.3, 0.4) is 0 Å². The van der Waals surface area contributed by atoms with E-state index in [2.05, 4.69) is 16.8 Å². The number of anilines is 1. The molecule has 0 radical (unpaired) electrons. The van der Waals surface area contributed by atoms with E-state index in [9.17, 15) is 13.2 Å². The molecule has 0 bridgehead atoms. The van der Waals surface area contributed by atoms with E-state index >= 15 is 0 Å². The molecule has 2 aromatic carbocycles. The minimum atomic E-state index is -3.44. The summed E-state index contributed by atoms with van der Waals surface area (Å²) < 4.78 is 30.7. The Bertz CT molecular complexity index is 1240. The fourth-order valence-electron chi connectivity index (χ4n) is 3.72. The highest BCUT2D eigenvalue weighted by atomic mass is 32.2. The fourth-order valence-corrected chi connectivity index (χ4v) is 6.35. The number of benzene rings is 2. The number of carbonyl (C=O) groups excluding carboxylic acids is 1. The zero-order chi connectivity index (χ0) is 23.4. The van der Waals surface area contributed by atoms with Crippen LogP contribution < -0.4 is 4.90 Å².